The molecule has 1 saturated carbocycles. The third-order valence-electron chi connectivity index (χ3n) is 6.47. The quantitative estimate of drug-likeness (QED) is 0.653. The van der Waals surface area contributed by atoms with Crippen LogP contribution in [0.1, 0.15) is 50.0 Å². The number of amides is 1. The summed E-state index contributed by atoms with van der Waals surface area (Å²) in [5.41, 5.74) is 1.82. The first-order valence-corrected chi connectivity index (χ1v) is 10.7. The molecule has 3 N–H and O–H groups in total. The molecule has 2 bridgehead atoms. The summed E-state index contributed by atoms with van der Waals surface area (Å²) in [5.74, 6) is 0.168. The first kappa shape index (κ1) is 20.2. The van der Waals surface area contributed by atoms with Crippen molar-refractivity contribution in [2.24, 2.45) is 11.3 Å². The minimum atomic E-state index is -0.520. The van der Waals surface area contributed by atoms with Crippen LogP contribution in [-0.4, -0.2) is 43.1 Å². The summed E-state index contributed by atoms with van der Waals surface area (Å²) >= 11 is 6.13. The third-order valence-corrected chi connectivity index (χ3v) is 6.71. The smallest absolute Gasteiger partial charge is 0.356 e. The second-order valence-electron chi connectivity index (χ2n) is 9.34. The number of fused-ring (bicyclic) bond motifs is 3. The summed E-state index contributed by atoms with van der Waals surface area (Å²) in [7, 11) is 1.32. The monoisotopic (exact) mass is 418 g/mol. The number of carbonyl (C=O) groups is 2. The number of esters is 1. The number of halogens is 1. The van der Waals surface area contributed by atoms with E-state index in [4.69, 9.17) is 16.3 Å². The number of carbonyl (C=O) groups excluding carboxylic acids is 2. The number of quaternary nitrogens is 1. The van der Waals surface area contributed by atoms with Gasteiger partial charge in [-0.25, -0.2) is 4.79 Å². The van der Waals surface area contributed by atoms with Crippen LogP contribution in [-0.2, 0) is 9.53 Å². The fraction of sp³-hybridized carbons (Fsp3) is 0.545. The lowest BCUT2D eigenvalue weighted by molar-refractivity contribution is -0.912. The molecule has 156 valence electrons. The molecule has 29 heavy (non-hydrogen) atoms. The normalized spacial score (nSPS) is 25.2. The van der Waals surface area contributed by atoms with Crippen molar-refractivity contribution in [3.8, 4) is 0 Å². The molecule has 0 spiro atoms. The molecule has 3 atom stereocenters. The van der Waals surface area contributed by atoms with Crippen LogP contribution in [0, 0.1) is 11.3 Å². The fourth-order valence-electron chi connectivity index (χ4n) is 5.44. The van der Waals surface area contributed by atoms with E-state index >= 15 is 0 Å². The molecule has 6 nitrogen and oxygen atoms in total. The van der Waals surface area contributed by atoms with Crippen LogP contribution in [0.4, 0.5) is 5.69 Å². The van der Waals surface area contributed by atoms with Crippen LogP contribution < -0.4 is 10.2 Å². The third kappa shape index (κ3) is 4.14. The largest absolute Gasteiger partial charge is 0.464 e. The van der Waals surface area contributed by atoms with Crippen LogP contribution in [0.25, 0.3) is 10.9 Å². The average molecular weight is 419 g/mol. The Morgan fingerprint density at radius 1 is 1.34 bits per heavy atom. The zero-order chi connectivity index (χ0) is 20.8. The van der Waals surface area contributed by atoms with Crippen LogP contribution in [0.5, 0.6) is 0 Å². The van der Waals surface area contributed by atoms with Gasteiger partial charge in [-0.1, -0.05) is 25.4 Å². The van der Waals surface area contributed by atoms with Gasteiger partial charge in [0.2, 0.25) is 5.91 Å². The maximum Gasteiger partial charge on any atom is 0.356 e. The van der Waals surface area contributed by atoms with Crippen molar-refractivity contribution in [3.63, 3.8) is 0 Å². The van der Waals surface area contributed by atoms with Crippen LogP contribution in [0.3, 0.4) is 0 Å². The molecule has 1 aromatic heterocycles. The van der Waals surface area contributed by atoms with E-state index in [2.05, 4.69) is 24.1 Å². The fourth-order valence-corrected chi connectivity index (χ4v) is 5.61. The highest BCUT2D eigenvalue weighted by Crippen LogP contribution is 2.39. The van der Waals surface area contributed by atoms with Gasteiger partial charge in [0, 0.05) is 34.7 Å². The number of benzene rings is 1. The Kier molecular flexibility index (Phi) is 5.34. The summed E-state index contributed by atoms with van der Waals surface area (Å²) < 4.78 is 4.87. The highest BCUT2D eigenvalue weighted by Gasteiger charge is 2.45. The van der Waals surface area contributed by atoms with E-state index in [1.54, 1.807) is 23.1 Å². The summed E-state index contributed by atoms with van der Waals surface area (Å²) in [6, 6.07) is 5.93. The minimum Gasteiger partial charge on any atom is -0.464 e. The summed E-state index contributed by atoms with van der Waals surface area (Å²) in [5, 5.41) is 4.18. The van der Waals surface area contributed by atoms with Crippen molar-refractivity contribution < 1.29 is 19.2 Å². The van der Waals surface area contributed by atoms with Crippen molar-refractivity contribution in [2.45, 2.75) is 45.6 Å². The van der Waals surface area contributed by atoms with Crippen LogP contribution in [0.15, 0.2) is 18.2 Å². The molecule has 2 aliphatic rings. The number of aromatic amines is 1. The first-order valence-electron chi connectivity index (χ1n) is 10.3. The molecule has 2 heterocycles. The molecule has 1 aliphatic heterocycles. The Balaban J connectivity index is 1.47. The molecule has 1 aromatic carbocycles. The molecule has 0 radical (unpaired) electrons. The number of hydrogen-bond acceptors (Lipinski definition) is 3. The van der Waals surface area contributed by atoms with E-state index < -0.39 is 5.97 Å². The highest BCUT2D eigenvalue weighted by atomic mass is 35.5. The van der Waals surface area contributed by atoms with Gasteiger partial charge in [-0.15, -0.1) is 0 Å². The van der Waals surface area contributed by atoms with Gasteiger partial charge in [-0.3, -0.25) is 4.79 Å². The van der Waals surface area contributed by atoms with Crippen molar-refractivity contribution in [3.05, 3.63) is 28.9 Å². The van der Waals surface area contributed by atoms with Gasteiger partial charge in [0.25, 0.3) is 0 Å². The Hall–Kier alpha value is -2.05. The zero-order valence-corrected chi connectivity index (χ0v) is 18.0. The standard InChI is InChI=1S/C22H28ClN3O3/c1-22(2)10-13-8-15(11-22)26(12-13)7-6-18(27)25-19-16-9-14(23)4-5-17(16)24-20(19)21(28)29-3/h4-5,9,13,15,24H,6-8,10-12H2,1-3H3,(H,25,27)/p+1/t13-,15+/m1/s1. The number of ether oxygens (including phenoxy) is 1. The predicted molar refractivity (Wildman–Crippen MR) is 114 cm³/mol. The zero-order valence-electron chi connectivity index (χ0n) is 17.2. The second kappa shape index (κ2) is 7.65. The molecule has 2 fully saturated rings. The maximum atomic E-state index is 12.8. The van der Waals surface area contributed by atoms with E-state index in [0.717, 1.165) is 24.5 Å². The van der Waals surface area contributed by atoms with Crippen LogP contribution in [0.2, 0.25) is 5.02 Å². The van der Waals surface area contributed by atoms with Gasteiger partial charge in [-0.2, -0.15) is 0 Å². The van der Waals surface area contributed by atoms with E-state index in [9.17, 15) is 9.59 Å². The topological polar surface area (TPSA) is 75.6 Å². The number of rotatable bonds is 5. The molecule has 4 rings (SSSR count). The molecule has 1 saturated heterocycles. The number of methoxy groups -OCH3 is 1. The first-order chi connectivity index (χ1) is 13.8. The molecular weight excluding hydrogens is 390 g/mol. The second-order valence-corrected chi connectivity index (χ2v) is 9.77. The van der Waals surface area contributed by atoms with Gasteiger partial charge in [-0.05, 0) is 30.0 Å². The molecule has 1 amide bonds. The number of likely N-dealkylation sites (tertiary alicyclic amines) is 1. The summed E-state index contributed by atoms with van der Waals surface area (Å²) in [4.78, 5) is 29.5. The van der Waals surface area contributed by atoms with Crippen molar-refractivity contribution in [1.82, 2.24) is 4.98 Å². The van der Waals surface area contributed by atoms with Gasteiger partial charge in [0.05, 0.1) is 38.3 Å². The summed E-state index contributed by atoms with van der Waals surface area (Å²) in [6.45, 7) is 6.70. The van der Waals surface area contributed by atoms with Gasteiger partial charge in [0.1, 0.15) is 5.69 Å². The van der Waals surface area contributed by atoms with Gasteiger partial charge >= 0.3 is 5.97 Å². The Labute approximate surface area is 175 Å². The van der Waals surface area contributed by atoms with Crippen molar-refractivity contribution in [1.29, 1.82) is 0 Å². The van der Waals surface area contributed by atoms with E-state index in [1.165, 1.54) is 26.4 Å². The number of H-pyrrole nitrogens is 1. The SMILES string of the molecule is COC(=O)c1[nH]c2ccc(Cl)cc2c1NC(=O)CC[NH+]1C[C@@H]2C[C@H]1CC(C)(C)C2. The Bertz CT molecular complexity index is 952. The molecule has 7 heteroatoms. The number of anilines is 1. The van der Waals surface area contributed by atoms with Gasteiger partial charge in [0.15, 0.2) is 0 Å². The van der Waals surface area contributed by atoms with Crippen molar-refractivity contribution in [2.75, 3.05) is 25.5 Å². The van der Waals surface area contributed by atoms with E-state index in [1.807, 2.05) is 0 Å². The Morgan fingerprint density at radius 3 is 2.90 bits per heavy atom. The lowest BCUT2D eigenvalue weighted by Gasteiger charge is -2.32. The van der Waals surface area contributed by atoms with E-state index in [0.29, 0.717) is 34.0 Å². The minimum absolute atomic E-state index is 0.0933. The Morgan fingerprint density at radius 2 is 2.14 bits per heavy atom. The molecule has 1 unspecified atom stereocenters. The summed E-state index contributed by atoms with van der Waals surface area (Å²) in [6.07, 6.45) is 4.23. The number of nitrogens with one attached hydrogen (secondary N) is 3. The lowest BCUT2D eigenvalue weighted by Crippen LogP contribution is -3.13. The van der Waals surface area contributed by atoms with Crippen LogP contribution >= 0.6 is 11.6 Å². The number of aromatic nitrogens is 1. The predicted octanol–water partition coefficient (Wildman–Crippen LogP) is 3.03. The lowest BCUT2D eigenvalue weighted by atomic mass is 9.72. The maximum absolute atomic E-state index is 12.8. The van der Waals surface area contributed by atoms with E-state index in [-0.39, 0.29) is 11.6 Å². The molecular formula is C22H29ClN3O3+. The number of hydrogen-bond donors (Lipinski definition) is 3. The highest BCUT2D eigenvalue weighted by molar-refractivity contribution is 6.31. The van der Waals surface area contributed by atoms with Gasteiger partial charge < -0.3 is 19.9 Å². The molecule has 2 aromatic rings. The average Bonchev–Trinajstić information content (AvgIpc) is 3.15. The molecule has 1 aliphatic carbocycles. The van der Waals surface area contributed by atoms with Crippen molar-refractivity contribution >= 4 is 40.1 Å².